The predicted molar refractivity (Wildman–Crippen MR) is 127 cm³/mol. The summed E-state index contributed by atoms with van der Waals surface area (Å²) in [6.45, 7) is 4.33. The number of nitrogens with one attached hydrogen (secondary N) is 1. The summed E-state index contributed by atoms with van der Waals surface area (Å²) in [7, 11) is 0. The molecule has 0 radical (unpaired) electrons. The van der Waals surface area contributed by atoms with Crippen LogP contribution in [0.4, 0.5) is 0 Å². The third-order valence-electron chi connectivity index (χ3n) is 4.14. The number of hydrazone groups is 1. The molecular formula is C24H20BrClN2O3. The number of amides is 1. The van der Waals surface area contributed by atoms with Crippen LogP contribution in [0.3, 0.4) is 0 Å². The Hall–Kier alpha value is -3.09. The smallest absolute Gasteiger partial charge is 0.275 e. The highest BCUT2D eigenvalue weighted by atomic mass is 79.9. The van der Waals surface area contributed by atoms with Crippen LogP contribution in [0, 0.1) is 0 Å². The third-order valence-corrected chi connectivity index (χ3v) is 4.88. The van der Waals surface area contributed by atoms with Crippen molar-refractivity contribution in [1.29, 1.82) is 0 Å². The maximum Gasteiger partial charge on any atom is 0.275 e. The molecule has 158 valence electrons. The average molecular weight is 500 g/mol. The van der Waals surface area contributed by atoms with Gasteiger partial charge in [-0.1, -0.05) is 64.5 Å². The number of para-hydroxylation sites is 1. The third kappa shape index (κ3) is 6.70. The second kappa shape index (κ2) is 11.3. The molecule has 0 aromatic heterocycles. The van der Waals surface area contributed by atoms with Gasteiger partial charge in [-0.25, -0.2) is 5.43 Å². The lowest BCUT2D eigenvalue weighted by Crippen LogP contribution is -2.18. The first-order valence-corrected chi connectivity index (χ1v) is 10.6. The number of rotatable bonds is 9. The summed E-state index contributed by atoms with van der Waals surface area (Å²) in [5, 5.41) is 4.73. The van der Waals surface area contributed by atoms with E-state index in [2.05, 4.69) is 33.0 Å². The maximum atomic E-state index is 12.7. The molecule has 0 fully saturated rings. The number of hydrogen-bond acceptors (Lipinski definition) is 4. The fourth-order valence-corrected chi connectivity index (χ4v) is 3.15. The fraction of sp³-hybridized carbons (Fsp3) is 0.0833. The van der Waals surface area contributed by atoms with E-state index in [1.807, 2.05) is 36.4 Å². The van der Waals surface area contributed by atoms with Crippen LogP contribution < -0.4 is 14.9 Å². The van der Waals surface area contributed by atoms with Gasteiger partial charge in [0.05, 0.1) is 11.8 Å². The molecule has 3 aromatic carbocycles. The van der Waals surface area contributed by atoms with E-state index >= 15 is 0 Å². The summed E-state index contributed by atoms with van der Waals surface area (Å²) in [5.41, 5.74) is 4.57. The van der Waals surface area contributed by atoms with Gasteiger partial charge in [0.2, 0.25) is 0 Å². The maximum absolute atomic E-state index is 12.7. The molecule has 0 saturated heterocycles. The van der Waals surface area contributed by atoms with Crippen molar-refractivity contribution in [2.75, 3.05) is 6.61 Å². The van der Waals surface area contributed by atoms with Crippen LogP contribution in [-0.4, -0.2) is 18.7 Å². The minimum Gasteiger partial charge on any atom is -0.489 e. The van der Waals surface area contributed by atoms with Gasteiger partial charge in [-0.15, -0.1) is 0 Å². The van der Waals surface area contributed by atoms with E-state index in [1.165, 1.54) is 6.21 Å². The lowest BCUT2D eigenvalue weighted by Gasteiger charge is -2.11. The fourth-order valence-electron chi connectivity index (χ4n) is 2.64. The highest BCUT2D eigenvalue weighted by molar-refractivity contribution is 9.10. The van der Waals surface area contributed by atoms with Crippen molar-refractivity contribution in [3.05, 3.63) is 106 Å². The SMILES string of the molecule is C=CCOc1ccc(Br)cc1/C=N\NC(=O)c1ccccc1OCc1ccc(Cl)cc1. The minimum atomic E-state index is -0.383. The Bertz CT molecular complexity index is 1080. The lowest BCUT2D eigenvalue weighted by molar-refractivity contribution is 0.0950. The quantitative estimate of drug-likeness (QED) is 0.223. The van der Waals surface area contributed by atoms with Gasteiger partial charge in [-0.2, -0.15) is 5.10 Å². The van der Waals surface area contributed by atoms with Gasteiger partial charge < -0.3 is 9.47 Å². The second-order valence-corrected chi connectivity index (χ2v) is 7.74. The molecule has 0 aliphatic heterocycles. The largest absolute Gasteiger partial charge is 0.489 e. The molecule has 0 unspecified atom stereocenters. The standard InChI is InChI=1S/C24H20BrClN2O3/c1-2-13-30-22-12-9-19(25)14-18(22)15-27-28-24(29)21-5-3-4-6-23(21)31-16-17-7-10-20(26)11-8-17/h2-12,14-15H,1,13,16H2,(H,28,29)/b27-15-. The monoisotopic (exact) mass is 498 g/mol. The van der Waals surface area contributed by atoms with Gasteiger partial charge in [0.1, 0.15) is 24.7 Å². The van der Waals surface area contributed by atoms with Crippen LogP contribution in [0.25, 0.3) is 0 Å². The predicted octanol–water partition coefficient (Wildman–Crippen LogP) is 6.01. The molecule has 1 N–H and O–H groups in total. The summed E-state index contributed by atoms with van der Waals surface area (Å²) in [6.07, 6.45) is 3.18. The second-order valence-electron chi connectivity index (χ2n) is 6.39. The molecule has 7 heteroatoms. The summed E-state index contributed by atoms with van der Waals surface area (Å²) in [5.74, 6) is 0.710. The molecule has 0 bridgehead atoms. The molecule has 0 aliphatic carbocycles. The molecule has 0 atom stereocenters. The van der Waals surface area contributed by atoms with Crippen molar-refractivity contribution in [2.45, 2.75) is 6.61 Å². The Morgan fingerprint density at radius 2 is 1.84 bits per heavy atom. The summed E-state index contributed by atoms with van der Waals surface area (Å²) >= 11 is 9.33. The van der Waals surface area contributed by atoms with Crippen molar-refractivity contribution in [2.24, 2.45) is 5.10 Å². The van der Waals surface area contributed by atoms with Gasteiger partial charge in [0.15, 0.2) is 0 Å². The molecule has 0 heterocycles. The topological polar surface area (TPSA) is 59.9 Å². The number of halogens is 2. The first-order valence-electron chi connectivity index (χ1n) is 9.39. The van der Waals surface area contributed by atoms with Crippen molar-refractivity contribution in [3.8, 4) is 11.5 Å². The molecule has 31 heavy (non-hydrogen) atoms. The molecule has 0 aliphatic rings. The van der Waals surface area contributed by atoms with Crippen molar-refractivity contribution in [3.63, 3.8) is 0 Å². The molecule has 5 nitrogen and oxygen atoms in total. The molecular weight excluding hydrogens is 480 g/mol. The summed E-state index contributed by atoms with van der Waals surface area (Å²) < 4.78 is 12.3. The van der Waals surface area contributed by atoms with Gasteiger partial charge in [-0.3, -0.25) is 4.79 Å². The zero-order chi connectivity index (χ0) is 22.1. The van der Waals surface area contributed by atoms with Gasteiger partial charge in [-0.05, 0) is 48.0 Å². The first kappa shape index (κ1) is 22.6. The highest BCUT2D eigenvalue weighted by Crippen LogP contribution is 2.22. The van der Waals surface area contributed by atoms with E-state index in [4.69, 9.17) is 21.1 Å². The van der Waals surface area contributed by atoms with E-state index < -0.39 is 0 Å². The average Bonchev–Trinajstić information content (AvgIpc) is 2.78. The Morgan fingerprint density at radius 1 is 1.06 bits per heavy atom. The molecule has 0 spiro atoms. The number of benzene rings is 3. The summed E-state index contributed by atoms with van der Waals surface area (Å²) in [6, 6.07) is 19.9. The molecule has 3 rings (SSSR count). The van der Waals surface area contributed by atoms with Crippen LogP contribution in [0.15, 0.2) is 89.0 Å². The molecule has 1 amide bonds. The summed E-state index contributed by atoms with van der Waals surface area (Å²) in [4.78, 5) is 12.7. The Morgan fingerprint density at radius 3 is 2.61 bits per heavy atom. The van der Waals surface area contributed by atoms with Crippen LogP contribution >= 0.6 is 27.5 Å². The van der Waals surface area contributed by atoms with Gasteiger partial charge in [0.25, 0.3) is 5.91 Å². The molecule has 0 saturated carbocycles. The van der Waals surface area contributed by atoms with Crippen LogP contribution in [0.1, 0.15) is 21.5 Å². The first-order chi connectivity index (χ1) is 15.1. The van der Waals surface area contributed by atoms with Crippen molar-refractivity contribution < 1.29 is 14.3 Å². The Balaban J connectivity index is 1.68. The van der Waals surface area contributed by atoms with E-state index in [0.29, 0.717) is 40.9 Å². The lowest BCUT2D eigenvalue weighted by atomic mass is 10.2. The number of ether oxygens (including phenoxy) is 2. The van der Waals surface area contributed by atoms with Crippen LogP contribution in [-0.2, 0) is 6.61 Å². The number of hydrogen-bond donors (Lipinski definition) is 1. The van der Waals surface area contributed by atoms with Crippen LogP contribution in [0.5, 0.6) is 11.5 Å². The zero-order valence-corrected chi connectivity index (χ0v) is 18.9. The molecule has 3 aromatic rings. The van der Waals surface area contributed by atoms with E-state index in [1.54, 1.807) is 36.4 Å². The van der Waals surface area contributed by atoms with Gasteiger partial charge in [0, 0.05) is 15.1 Å². The Labute approximate surface area is 194 Å². The van der Waals surface area contributed by atoms with Gasteiger partial charge >= 0.3 is 0 Å². The van der Waals surface area contributed by atoms with Crippen LogP contribution in [0.2, 0.25) is 5.02 Å². The van der Waals surface area contributed by atoms with E-state index in [0.717, 1.165) is 10.0 Å². The minimum absolute atomic E-state index is 0.312. The van der Waals surface area contributed by atoms with E-state index in [-0.39, 0.29) is 5.91 Å². The van der Waals surface area contributed by atoms with Crippen molar-refractivity contribution in [1.82, 2.24) is 5.43 Å². The van der Waals surface area contributed by atoms with E-state index in [9.17, 15) is 4.79 Å². The van der Waals surface area contributed by atoms with Crippen molar-refractivity contribution >= 4 is 39.7 Å². The Kier molecular flexibility index (Phi) is 8.27. The number of nitrogens with zero attached hydrogens (tertiary/aromatic N) is 1. The normalized spacial score (nSPS) is 10.6. The number of carbonyl (C=O) groups excluding carboxylic acids is 1. The zero-order valence-electron chi connectivity index (χ0n) is 16.6. The number of carbonyl (C=O) groups is 1. The highest BCUT2D eigenvalue weighted by Gasteiger charge is 2.12.